The minimum absolute atomic E-state index is 0.113. The van der Waals surface area contributed by atoms with Crippen LogP contribution in [-0.2, 0) is 0 Å². The summed E-state index contributed by atoms with van der Waals surface area (Å²) in [5.41, 5.74) is -0.333. The summed E-state index contributed by atoms with van der Waals surface area (Å²) in [7, 11) is 1.76. The van der Waals surface area contributed by atoms with Crippen LogP contribution in [0.3, 0.4) is 0 Å². The van der Waals surface area contributed by atoms with Gasteiger partial charge in [0.2, 0.25) is 0 Å². The second-order valence-electron chi connectivity index (χ2n) is 4.39. The molecule has 1 aromatic rings. The Hall–Kier alpha value is -1.69. The highest BCUT2D eigenvalue weighted by Gasteiger charge is 2.24. The maximum absolute atomic E-state index is 14.0. The number of pyridine rings is 1. The van der Waals surface area contributed by atoms with Gasteiger partial charge in [0.1, 0.15) is 5.56 Å². The first kappa shape index (κ1) is 12.8. The zero-order chi connectivity index (χ0) is 13.1. The van der Waals surface area contributed by atoms with Gasteiger partial charge in [-0.25, -0.2) is 14.2 Å². The number of hydrogen-bond acceptors (Lipinski definition) is 4. The van der Waals surface area contributed by atoms with Crippen LogP contribution in [-0.4, -0.2) is 42.2 Å². The van der Waals surface area contributed by atoms with E-state index in [4.69, 9.17) is 5.11 Å². The average molecular weight is 253 g/mol. The average Bonchev–Trinajstić information content (AvgIpc) is 2.39. The molecule has 0 bridgehead atoms. The summed E-state index contributed by atoms with van der Waals surface area (Å²) in [6, 6.07) is 1.37. The largest absolute Gasteiger partial charge is 0.478 e. The van der Waals surface area contributed by atoms with E-state index < -0.39 is 11.8 Å². The van der Waals surface area contributed by atoms with Crippen molar-refractivity contribution in [2.24, 2.45) is 0 Å². The van der Waals surface area contributed by atoms with Crippen LogP contribution < -0.4 is 10.2 Å². The SMILES string of the molecule is CN(c1nccc(C(=O)O)c1F)C1CCNCC1. The molecule has 2 heterocycles. The standard InChI is InChI=1S/C12H16FN3O2/c1-16(8-2-5-14-6-3-8)11-10(13)9(12(17)18)4-7-15-11/h4,7-8,14H,2-3,5-6H2,1H3,(H,17,18). The number of carboxylic acid groups (broad SMARTS) is 1. The lowest BCUT2D eigenvalue weighted by atomic mass is 10.1. The summed E-state index contributed by atoms with van der Waals surface area (Å²) >= 11 is 0. The van der Waals surface area contributed by atoms with Crippen LogP contribution in [0.1, 0.15) is 23.2 Å². The Kier molecular flexibility index (Phi) is 3.76. The van der Waals surface area contributed by atoms with Crippen molar-refractivity contribution >= 4 is 11.8 Å². The van der Waals surface area contributed by atoms with Crippen molar-refractivity contribution in [1.29, 1.82) is 0 Å². The molecule has 1 aliphatic rings. The Labute approximate surface area is 105 Å². The predicted molar refractivity (Wildman–Crippen MR) is 65.4 cm³/mol. The zero-order valence-electron chi connectivity index (χ0n) is 10.2. The van der Waals surface area contributed by atoms with Crippen molar-refractivity contribution in [3.05, 3.63) is 23.6 Å². The van der Waals surface area contributed by atoms with Gasteiger partial charge in [0.15, 0.2) is 11.6 Å². The monoisotopic (exact) mass is 253 g/mol. The van der Waals surface area contributed by atoms with Crippen LogP contribution in [0.15, 0.2) is 12.3 Å². The molecule has 1 aromatic heterocycles. The number of nitrogens with zero attached hydrogens (tertiary/aromatic N) is 2. The lowest BCUT2D eigenvalue weighted by Gasteiger charge is -2.32. The normalized spacial score (nSPS) is 16.6. The molecule has 18 heavy (non-hydrogen) atoms. The fourth-order valence-corrected chi connectivity index (χ4v) is 2.21. The molecular weight excluding hydrogens is 237 g/mol. The van der Waals surface area contributed by atoms with Gasteiger partial charge in [-0.3, -0.25) is 0 Å². The molecule has 0 unspecified atom stereocenters. The molecule has 0 saturated carbocycles. The second kappa shape index (κ2) is 5.30. The van der Waals surface area contributed by atoms with Gasteiger partial charge in [-0.15, -0.1) is 0 Å². The highest BCUT2D eigenvalue weighted by molar-refractivity contribution is 5.88. The Morgan fingerprint density at radius 1 is 1.56 bits per heavy atom. The van der Waals surface area contributed by atoms with Crippen LogP contribution in [0.2, 0.25) is 0 Å². The topological polar surface area (TPSA) is 65.5 Å². The molecule has 2 rings (SSSR count). The lowest BCUT2D eigenvalue weighted by molar-refractivity contribution is 0.0691. The number of aromatic carboxylic acids is 1. The molecular formula is C12H16FN3O2. The Bertz CT molecular complexity index is 447. The highest BCUT2D eigenvalue weighted by Crippen LogP contribution is 2.23. The van der Waals surface area contributed by atoms with Gasteiger partial charge in [0.25, 0.3) is 0 Å². The molecule has 0 atom stereocenters. The van der Waals surface area contributed by atoms with E-state index in [-0.39, 0.29) is 17.4 Å². The third-order valence-corrected chi connectivity index (χ3v) is 3.29. The number of anilines is 1. The molecule has 2 N–H and O–H groups in total. The van der Waals surface area contributed by atoms with Gasteiger partial charge < -0.3 is 15.3 Å². The Balaban J connectivity index is 2.26. The molecule has 6 heteroatoms. The minimum atomic E-state index is -1.27. The third kappa shape index (κ3) is 2.43. The molecule has 0 aliphatic carbocycles. The number of halogens is 1. The van der Waals surface area contributed by atoms with E-state index in [1.54, 1.807) is 11.9 Å². The third-order valence-electron chi connectivity index (χ3n) is 3.29. The van der Waals surface area contributed by atoms with Gasteiger partial charge in [-0.2, -0.15) is 0 Å². The lowest BCUT2D eigenvalue weighted by Crippen LogP contribution is -2.42. The first-order valence-electron chi connectivity index (χ1n) is 5.92. The molecule has 0 radical (unpaired) electrons. The molecule has 5 nitrogen and oxygen atoms in total. The summed E-state index contributed by atoms with van der Waals surface area (Å²) in [6.45, 7) is 1.77. The molecule has 1 fully saturated rings. The maximum atomic E-state index is 14.0. The molecule has 0 spiro atoms. The van der Waals surface area contributed by atoms with Crippen LogP contribution in [0.5, 0.6) is 0 Å². The molecule has 0 amide bonds. The van der Waals surface area contributed by atoms with E-state index >= 15 is 0 Å². The fourth-order valence-electron chi connectivity index (χ4n) is 2.21. The van der Waals surface area contributed by atoms with Crippen molar-refractivity contribution in [1.82, 2.24) is 10.3 Å². The van der Waals surface area contributed by atoms with E-state index in [0.717, 1.165) is 25.9 Å². The zero-order valence-corrected chi connectivity index (χ0v) is 10.2. The van der Waals surface area contributed by atoms with E-state index in [2.05, 4.69) is 10.3 Å². The number of nitrogens with one attached hydrogen (secondary N) is 1. The van der Waals surface area contributed by atoms with Crippen molar-refractivity contribution < 1.29 is 14.3 Å². The number of carboxylic acids is 1. The van der Waals surface area contributed by atoms with Gasteiger partial charge in [0.05, 0.1) is 0 Å². The minimum Gasteiger partial charge on any atom is -0.478 e. The van der Waals surface area contributed by atoms with Gasteiger partial charge in [-0.1, -0.05) is 0 Å². The fraction of sp³-hybridized carbons (Fsp3) is 0.500. The van der Waals surface area contributed by atoms with Gasteiger partial charge in [-0.05, 0) is 32.0 Å². The number of aromatic nitrogens is 1. The summed E-state index contributed by atoms with van der Waals surface area (Å²) in [6.07, 6.45) is 3.13. The van der Waals surface area contributed by atoms with E-state index in [1.165, 1.54) is 12.3 Å². The summed E-state index contributed by atoms with van der Waals surface area (Å²) in [4.78, 5) is 16.6. The first-order valence-corrected chi connectivity index (χ1v) is 5.92. The summed E-state index contributed by atoms with van der Waals surface area (Å²) in [5, 5.41) is 12.1. The highest BCUT2D eigenvalue weighted by atomic mass is 19.1. The number of carbonyl (C=O) groups is 1. The van der Waals surface area contributed by atoms with E-state index in [9.17, 15) is 9.18 Å². The number of piperidine rings is 1. The number of rotatable bonds is 3. The smallest absolute Gasteiger partial charge is 0.338 e. The first-order chi connectivity index (χ1) is 8.61. The van der Waals surface area contributed by atoms with E-state index in [1.807, 2.05) is 0 Å². The van der Waals surface area contributed by atoms with Crippen LogP contribution >= 0.6 is 0 Å². The van der Waals surface area contributed by atoms with E-state index in [0.29, 0.717) is 0 Å². The predicted octanol–water partition coefficient (Wildman–Crippen LogP) is 1.11. The summed E-state index contributed by atoms with van der Waals surface area (Å²) in [5.74, 6) is -1.91. The van der Waals surface area contributed by atoms with Crippen molar-refractivity contribution in [2.45, 2.75) is 18.9 Å². The van der Waals surface area contributed by atoms with Gasteiger partial charge >= 0.3 is 5.97 Å². The Morgan fingerprint density at radius 2 is 2.22 bits per heavy atom. The van der Waals surface area contributed by atoms with Crippen LogP contribution in [0.25, 0.3) is 0 Å². The second-order valence-corrected chi connectivity index (χ2v) is 4.39. The molecule has 98 valence electrons. The van der Waals surface area contributed by atoms with Crippen molar-refractivity contribution in [3.8, 4) is 0 Å². The molecule has 0 aromatic carbocycles. The Morgan fingerprint density at radius 3 is 2.83 bits per heavy atom. The van der Waals surface area contributed by atoms with Crippen molar-refractivity contribution in [3.63, 3.8) is 0 Å². The molecule has 1 saturated heterocycles. The maximum Gasteiger partial charge on any atom is 0.338 e. The molecule has 1 aliphatic heterocycles. The summed E-state index contributed by atoms with van der Waals surface area (Å²) < 4.78 is 14.0. The van der Waals surface area contributed by atoms with Gasteiger partial charge in [0, 0.05) is 19.3 Å². The van der Waals surface area contributed by atoms with Crippen LogP contribution in [0.4, 0.5) is 10.2 Å². The van der Waals surface area contributed by atoms with Crippen molar-refractivity contribution in [2.75, 3.05) is 25.0 Å². The quantitative estimate of drug-likeness (QED) is 0.844. The number of hydrogen-bond donors (Lipinski definition) is 2. The van der Waals surface area contributed by atoms with Crippen LogP contribution in [0, 0.1) is 5.82 Å².